The second-order valence-electron chi connectivity index (χ2n) is 5.18. The quantitative estimate of drug-likeness (QED) is 0.787. The summed E-state index contributed by atoms with van der Waals surface area (Å²) in [4.78, 5) is 20.3. The number of hydrogen-bond acceptors (Lipinski definition) is 4. The first-order valence-corrected chi connectivity index (χ1v) is 6.94. The van der Waals surface area contributed by atoms with E-state index in [0.717, 1.165) is 39.3 Å². The van der Waals surface area contributed by atoms with Crippen molar-refractivity contribution in [3.05, 3.63) is 18.7 Å². The van der Waals surface area contributed by atoms with Crippen LogP contribution in [-0.4, -0.2) is 70.8 Å². The Morgan fingerprint density at radius 2 is 2.16 bits per heavy atom. The Bertz CT molecular complexity index is 406. The number of carbonyl (C=O) groups is 1. The van der Waals surface area contributed by atoms with E-state index in [1.165, 1.54) is 17.4 Å². The van der Waals surface area contributed by atoms with Gasteiger partial charge >= 0.3 is 6.03 Å². The first-order valence-electron chi connectivity index (χ1n) is 6.94. The van der Waals surface area contributed by atoms with E-state index in [1.807, 2.05) is 4.90 Å². The molecule has 0 saturated carbocycles. The molecule has 0 aliphatic carbocycles. The van der Waals surface area contributed by atoms with Crippen LogP contribution in [0.5, 0.6) is 0 Å². The smallest absolute Gasteiger partial charge is 0.329 e. The summed E-state index contributed by atoms with van der Waals surface area (Å²) < 4.78 is 7.19. The lowest BCUT2D eigenvalue weighted by Gasteiger charge is -2.35. The van der Waals surface area contributed by atoms with Crippen molar-refractivity contribution in [1.29, 1.82) is 0 Å². The normalized spacial score (nSPS) is 24.8. The Morgan fingerprint density at radius 3 is 2.79 bits per heavy atom. The first-order chi connectivity index (χ1) is 9.33. The Labute approximate surface area is 113 Å². The minimum atomic E-state index is 0.0225. The van der Waals surface area contributed by atoms with Crippen molar-refractivity contribution >= 4 is 6.03 Å². The third kappa shape index (κ3) is 2.96. The van der Waals surface area contributed by atoms with Gasteiger partial charge in [0.05, 0.1) is 6.10 Å². The standard InChI is InChI=1S/C13H20N4O2/c18-13(17-4-3-14-11-17)16-7-5-15(6-8-16)10-12-2-1-9-19-12/h3-4,11-12H,1-2,5-10H2/t12-/m0/s1. The molecule has 1 atom stereocenters. The highest BCUT2D eigenvalue weighted by Gasteiger charge is 2.25. The number of hydrogen-bond donors (Lipinski definition) is 0. The minimum Gasteiger partial charge on any atom is -0.377 e. The van der Waals surface area contributed by atoms with E-state index in [4.69, 9.17) is 4.74 Å². The summed E-state index contributed by atoms with van der Waals surface area (Å²) in [6, 6.07) is 0.0225. The minimum absolute atomic E-state index is 0.0225. The molecule has 2 saturated heterocycles. The Kier molecular flexibility index (Phi) is 3.79. The van der Waals surface area contributed by atoms with Gasteiger partial charge in [0.2, 0.25) is 0 Å². The second-order valence-corrected chi connectivity index (χ2v) is 5.18. The van der Waals surface area contributed by atoms with Crippen molar-refractivity contribution in [2.45, 2.75) is 18.9 Å². The van der Waals surface area contributed by atoms with Crippen LogP contribution in [0, 0.1) is 0 Å². The lowest BCUT2D eigenvalue weighted by Crippen LogP contribution is -2.51. The molecule has 19 heavy (non-hydrogen) atoms. The Morgan fingerprint density at radius 1 is 1.32 bits per heavy atom. The molecule has 0 aromatic carbocycles. The predicted molar refractivity (Wildman–Crippen MR) is 70.0 cm³/mol. The van der Waals surface area contributed by atoms with E-state index < -0.39 is 0 Å². The molecule has 0 unspecified atom stereocenters. The maximum atomic E-state index is 12.1. The molecule has 1 amide bonds. The van der Waals surface area contributed by atoms with E-state index in [0.29, 0.717) is 6.10 Å². The number of aromatic nitrogens is 2. The maximum Gasteiger partial charge on any atom is 0.329 e. The summed E-state index contributed by atoms with van der Waals surface area (Å²) in [6.45, 7) is 5.34. The van der Waals surface area contributed by atoms with Crippen LogP contribution >= 0.6 is 0 Å². The summed E-state index contributed by atoms with van der Waals surface area (Å²) >= 11 is 0. The molecule has 1 aromatic heterocycles. The molecule has 6 heteroatoms. The lowest BCUT2D eigenvalue weighted by molar-refractivity contribution is 0.0562. The highest BCUT2D eigenvalue weighted by molar-refractivity contribution is 5.76. The van der Waals surface area contributed by atoms with E-state index in [2.05, 4.69) is 9.88 Å². The maximum absolute atomic E-state index is 12.1. The number of nitrogens with zero attached hydrogens (tertiary/aromatic N) is 4. The van der Waals surface area contributed by atoms with Gasteiger partial charge in [-0.1, -0.05) is 0 Å². The molecule has 1 aromatic rings. The summed E-state index contributed by atoms with van der Waals surface area (Å²) in [5, 5.41) is 0. The number of carbonyl (C=O) groups excluding carboxylic acids is 1. The van der Waals surface area contributed by atoms with E-state index in [9.17, 15) is 4.79 Å². The highest BCUT2D eigenvalue weighted by Crippen LogP contribution is 2.14. The van der Waals surface area contributed by atoms with Gasteiger partial charge in [-0.2, -0.15) is 0 Å². The van der Waals surface area contributed by atoms with E-state index in [1.54, 1.807) is 18.7 Å². The molecule has 0 N–H and O–H groups in total. The summed E-state index contributed by atoms with van der Waals surface area (Å²) in [5.74, 6) is 0. The van der Waals surface area contributed by atoms with Crippen LogP contribution < -0.4 is 0 Å². The van der Waals surface area contributed by atoms with Crippen molar-refractivity contribution in [1.82, 2.24) is 19.4 Å². The molecule has 2 aliphatic heterocycles. The fourth-order valence-corrected chi connectivity index (χ4v) is 2.73. The van der Waals surface area contributed by atoms with Gasteiger partial charge in [0.1, 0.15) is 6.33 Å². The average molecular weight is 264 g/mol. The number of imidazole rings is 1. The van der Waals surface area contributed by atoms with Gasteiger partial charge in [-0.25, -0.2) is 9.78 Å². The summed E-state index contributed by atoms with van der Waals surface area (Å²) in [5.41, 5.74) is 0. The first kappa shape index (κ1) is 12.6. The third-order valence-electron chi connectivity index (χ3n) is 3.85. The lowest BCUT2D eigenvalue weighted by atomic mass is 10.2. The largest absolute Gasteiger partial charge is 0.377 e. The van der Waals surface area contributed by atoms with Crippen LogP contribution in [0.3, 0.4) is 0 Å². The van der Waals surface area contributed by atoms with Crippen LogP contribution in [-0.2, 0) is 4.74 Å². The predicted octanol–water partition coefficient (Wildman–Crippen LogP) is 0.648. The van der Waals surface area contributed by atoms with Gasteiger partial charge in [-0.15, -0.1) is 0 Å². The molecule has 6 nitrogen and oxygen atoms in total. The molecule has 0 bridgehead atoms. The van der Waals surface area contributed by atoms with Crippen molar-refractivity contribution in [2.24, 2.45) is 0 Å². The number of amides is 1. The van der Waals surface area contributed by atoms with Gasteiger partial charge in [0, 0.05) is 51.7 Å². The molecule has 0 spiro atoms. The van der Waals surface area contributed by atoms with Crippen molar-refractivity contribution in [3.8, 4) is 0 Å². The average Bonchev–Trinajstić information content (AvgIpc) is 3.12. The van der Waals surface area contributed by atoms with Gasteiger partial charge < -0.3 is 9.64 Å². The van der Waals surface area contributed by atoms with E-state index >= 15 is 0 Å². The van der Waals surface area contributed by atoms with Gasteiger partial charge in [-0.3, -0.25) is 9.47 Å². The molecular weight excluding hydrogens is 244 g/mol. The van der Waals surface area contributed by atoms with Gasteiger partial charge in [0.25, 0.3) is 0 Å². The Hall–Kier alpha value is -1.40. The van der Waals surface area contributed by atoms with Crippen LogP contribution in [0.15, 0.2) is 18.7 Å². The fraction of sp³-hybridized carbons (Fsp3) is 0.692. The van der Waals surface area contributed by atoms with Crippen LogP contribution in [0.2, 0.25) is 0 Å². The van der Waals surface area contributed by atoms with Crippen molar-refractivity contribution < 1.29 is 9.53 Å². The van der Waals surface area contributed by atoms with Crippen molar-refractivity contribution in [3.63, 3.8) is 0 Å². The number of rotatable bonds is 2. The fourth-order valence-electron chi connectivity index (χ4n) is 2.73. The van der Waals surface area contributed by atoms with Gasteiger partial charge in [0.15, 0.2) is 0 Å². The molecule has 3 heterocycles. The summed E-state index contributed by atoms with van der Waals surface area (Å²) in [7, 11) is 0. The number of ether oxygens (including phenoxy) is 1. The molecule has 2 fully saturated rings. The zero-order chi connectivity index (χ0) is 13.1. The topological polar surface area (TPSA) is 50.6 Å². The molecule has 104 valence electrons. The SMILES string of the molecule is O=C(N1CCN(C[C@@H]2CCCO2)CC1)n1ccnc1. The van der Waals surface area contributed by atoms with Gasteiger partial charge in [-0.05, 0) is 12.8 Å². The Balaban J connectivity index is 1.47. The molecular formula is C13H20N4O2. The number of piperazine rings is 1. The zero-order valence-corrected chi connectivity index (χ0v) is 11.1. The third-order valence-corrected chi connectivity index (χ3v) is 3.85. The van der Waals surface area contributed by atoms with Crippen LogP contribution in [0.25, 0.3) is 0 Å². The molecule has 2 aliphatic rings. The van der Waals surface area contributed by atoms with Crippen LogP contribution in [0.1, 0.15) is 12.8 Å². The molecule has 0 radical (unpaired) electrons. The van der Waals surface area contributed by atoms with E-state index in [-0.39, 0.29) is 6.03 Å². The van der Waals surface area contributed by atoms with Crippen molar-refractivity contribution in [2.75, 3.05) is 39.3 Å². The van der Waals surface area contributed by atoms with Crippen LogP contribution in [0.4, 0.5) is 4.79 Å². The monoisotopic (exact) mass is 264 g/mol. The highest BCUT2D eigenvalue weighted by atomic mass is 16.5. The zero-order valence-electron chi connectivity index (χ0n) is 11.1. The summed E-state index contributed by atoms with van der Waals surface area (Å²) in [6.07, 6.45) is 7.64. The molecule has 3 rings (SSSR count). The second kappa shape index (κ2) is 5.71.